The number of hydrogen-bond acceptors (Lipinski definition) is 4. The number of benzene rings is 1. The SMILES string of the molecule is CC(C)NC(Cc1ccccc1[N+](=O)[O-])C(=O)O. The summed E-state index contributed by atoms with van der Waals surface area (Å²) in [5.41, 5.74) is 0.373. The molecule has 0 amide bonds. The smallest absolute Gasteiger partial charge is 0.321 e. The molecule has 0 saturated heterocycles. The van der Waals surface area contributed by atoms with Gasteiger partial charge in [0, 0.05) is 24.1 Å². The molecular weight excluding hydrogens is 236 g/mol. The Hall–Kier alpha value is -1.95. The Morgan fingerprint density at radius 1 is 1.44 bits per heavy atom. The second kappa shape index (κ2) is 6.11. The molecule has 1 aromatic rings. The van der Waals surface area contributed by atoms with Gasteiger partial charge in [0.15, 0.2) is 0 Å². The number of rotatable bonds is 6. The summed E-state index contributed by atoms with van der Waals surface area (Å²) in [6, 6.07) is 5.35. The molecule has 98 valence electrons. The third kappa shape index (κ3) is 3.81. The van der Waals surface area contributed by atoms with E-state index in [2.05, 4.69) is 5.32 Å². The fourth-order valence-corrected chi connectivity index (χ4v) is 1.70. The number of nitrogens with one attached hydrogen (secondary N) is 1. The highest BCUT2D eigenvalue weighted by molar-refractivity contribution is 5.74. The Morgan fingerprint density at radius 2 is 2.06 bits per heavy atom. The number of carboxylic acid groups (broad SMARTS) is 1. The summed E-state index contributed by atoms with van der Waals surface area (Å²) in [6.07, 6.45) is 0.0880. The molecule has 1 aromatic carbocycles. The average Bonchev–Trinajstić information content (AvgIpc) is 2.27. The van der Waals surface area contributed by atoms with E-state index in [0.29, 0.717) is 5.56 Å². The van der Waals surface area contributed by atoms with Crippen molar-refractivity contribution in [1.29, 1.82) is 0 Å². The fourth-order valence-electron chi connectivity index (χ4n) is 1.70. The van der Waals surface area contributed by atoms with Crippen molar-refractivity contribution >= 4 is 11.7 Å². The van der Waals surface area contributed by atoms with Crippen LogP contribution < -0.4 is 5.32 Å². The first-order chi connectivity index (χ1) is 8.41. The monoisotopic (exact) mass is 252 g/mol. The zero-order valence-corrected chi connectivity index (χ0v) is 10.3. The molecule has 0 bridgehead atoms. The predicted molar refractivity (Wildman–Crippen MR) is 66.5 cm³/mol. The standard InChI is InChI=1S/C12H16N2O4/c1-8(2)13-10(12(15)16)7-9-5-3-4-6-11(9)14(17)18/h3-6,8,10,13H,7H2,1-2H3,(H,15,16). The molecule has 0 aliphatic heterocycles. The molecular formula is C12H16N2O4. The van der Waals surface area contributed by atoms with Crippen molar-refractivity contribution in [1.82, 2.24) is 5.32 Å². The highest BCUT2D eigenvalue weighted by Crippen LogP contribution is 2.19. The normalized spacial score (nSPS) is 12.4. The van der Waals surface area contributed by atoms with Crippen LogP contribution in [0.5, 0.6) is 0 Å². The highest BCUT2D eigenvalue weighted by Gasteiger charge is 2.22. The van der Waals surface area contributed by atoms with Gasteiger partial charge in [-0.2, -0.15) is 0 Å². The van der Waals surface area contributed by atoms with Crippen molar-refractivity contribution in [3.05, 3.63) is 39.9 Å². The largest absolute Gasteiger partial charge is 0.480 e. The number of carbonyl (C=O) groups is 1. The second-order valence-electron chi connectivity index (χ2n) is 4.30. The quantitative estimate of drug-likeness (QED) is 0.592. The number of nitro groups is 1. The van der Waals surface area contributed by atoms with E-state index in [1.807, 2.05) is 13.8 Å². The van der Waals surface area contributed by atoms with Gasteiger partial charge in [-0.15, -0.1) is 0 Å². The molecule has 0 aliphatic rings. The average molecular weight is 252 g/mol. The van der Waals surface area contributed by atoms with Gasteiger partial charge in [-0.05, 0) is 0 Å². The highest BCUT2D eigenvalue weighted by atomic mass is 16.6. The Labute approximate surface area is 105 Å². The van der Waals surface area contributed by atoms with E-state index < -0.39 is 16.9 Å². The van der Waals surface area contributed by atoms with Crippen LogP contribution in [-0.2, 0) is 11.2 Å². The lowest BCUT2D eigenvalue weighted by Crippen LogP contribution is -2.42. The van der Waals surface area contributed by atoms with E-state index in [9.17, 15) is 14.9 Å². The molecule has 18 heavy (non-hydrogen) atoms. The molecule has 0 fully saturated rings. The number of hydrogen-bond donors (Lipinski definition) is 2. The molecule has 0 heterocycles. The van der Waals surface area contributed by atoms with Crippen molar-refractivity contribution in [2.75, 3.05) is 0 Å². The van der Waals surface area contributed by atoms with Crippen LogP contribution in [0.3, 0.4) is 0 Å². The van der Waals surface area contributed by atoms with E-state index in [4.69, 9.17) is 5.11 Å². The van der Waals surface area contributed by atoms with Crippen LogP contribution in [0.4, 0.5) is 5.69 Å². The number of para-hydroxylation sites is 1. The maximum atomic E-state index is 11.1. The summed E-state index contributed by atoms with van der Waals surface area (Å²) >= 11 is 0. The summed E-state index contributed by atoms with van der Waals surface area (Å²) < 4.78 is 0. The van der Waals surface area contributed by atoms with Gasteiger partial charge in [0.2, 0.25) is 0 Å². The topological polar surface area (TPSA) is 92.5 Å². The van der Waals surface area contributed by atoms with Gasteiger partial charge < -0.3 is 10.4 Å². The minimum Gasteiger partial charge on any atom is -0.480 e. The van der Waals surface area contributed by atoms with Crippen molar-refractivity contribution in [2.24, 2.45) is 0 Å². The summed E-state index contributed by atoms with van der Waals surface area (Å²) in [7, 11) is 0. The van der Waals surface area contributed by atoms with Gasteiger partial charge in [0.05, 0.1) is 4.92 Å². The summed E-state index contributed by atoms with van der Waals surface area (Å²) in [5.74, 6) is -1.01. The fraction of sp³-hybridized carbons (Fsp3) is 0.417. The number of nitro benzene ring substituents is 1. The van der Waals surface area contributed by atoms with Crippen molar-refractivity contribution in [3.8, 4) is 0 Å². The van der Waals surface area contributed by atoms with Crippen molar-refractivity contribution in [2.45, 2.75) is 32.4 Å². The number of aliphatic carboxylic acids is 1. The van der Waals surface area contributed by atoms with Crippen LogP contribution in [0, 0.1) is 10.1 Å². The molecule has 0 radical (unpaired) electrons. The van der Waals surface area contributed by atoms with Gasteiger partial charge >= 0.3 is 5.97 Å². The van der Waals surface area contributed by atoms with Gasteiger partial charge in [-0.3, -0.25) is 14.9 Å². The van der Waals surface area contributed by atoms with Gasteiger partial charge in [0.1, 0.15) is 6.04 Å². The Balaban J connectivity index is 2.93. The first-order valence-electron chi connectivity index (χ1n) is 5.63. The third-order valence-electron chi connectivity index (χ3n) is 2.44. The molecule has 1 atom stereocenters. The Bertz CT molecular complexity index is 445. The maximum absolute atomic E-state index is 11.1. The summed E-state index contributed by atoms with van der Waals surface area (Å²) in [6.45, 7) is 3.66. The van der Waals surface area contributed by atoms with Crippen LogP contribution in [0.25, 0.3) is 0 Å². The van der Waals surface area contributed by atoms with Crippen LogP contribution in [-0.4, -0.2) is 28.1 Å². The van der Waals surface area contributed by atoms with Crippen LogP contribution in [0.15, 0.2) is 24.3 Å². The first-order valence-corrected chi connectivity index (χ1v) is 5.63. The lowest BCUT2D eigenvalue weighted by molar-refractivity contribution is -0.385. The second-order valence-corrected chi connectivity index (χ2v) is 4.30. The molecule has 6 nitrogen and oxygen atoms in total. The lowest BCUT2D eigenvalue weighted by Gasteiger charge is -2.17. The summed E-state index contributed by atoms with van der Waals surface area (Å²) in [4.78, 5) is 21.4. The number of nitrogens with zero attached hydrogens (tertiary/aromatic N) is 1. The third-order valence-corrected chi connectivity index (χ3v) is 2.44. The van der Waals surface area contributed by atoms with Crippen molar-refractivity contribution in [3.63, 3.8) is 0 Å². The van der Waals surface area contributed by atoms with Crippen LogP contribution in [0.1, 0.15) is 19.4 Å². The lowest BCUT2D eigenvalue weighted by atomic mass is 10.0. The molecule has 1 unspecified atom stereocenters. The molecule has 6 heteroatoms. The minimum absolute atomic E-state index is 0.00568. The predicted octanol–water partition coefficient (Wildman–Crippen LogP) is 1.59. The van der Waals surface area contributed by atoms with E-state index >= 15 is 0 Å². The van der Waals surface area contributed by atoms with Gasteiger partial charge in [-0.1, -0.05) is 32.0 Å². The van der Waals surface area contributed by atoms with E-state index in [0.717, 1.165) is 0 Å². The van der Waals surface area contributed by atoms with Crippen LogP contribution in [0.2, 0.25) is 0 Å². The van der Waals surface area contributed by atoms with Gasteiger partial charge in [0.25, 0.3) is 5.69 Å². The van der Waals surface area contributed by atoms with Crippen LogP contribution >= 0.6 is 0 Å². The molecule has 0 aliphatic carbocycles. The van der Waals surface area contributed by atoms with Gasteiger partial charge in [-0.25, -0.2) is 0 Å². The molecule has 2 N–H and O–H groups in total. The maximum Gasteiger partial charge on any atom is 0.321 e. The van der Waals surface area contributed by atoms with E-state index in [1.54, 1.807) is 18.2 Å². The Kier molecular flexibility index (Phi) is 4.79. The Morgan fingerprint density at radius 3 is 2.56 bits per heavy atom. The number of carboxylic acids is 1. The van der Waals surface area contributed by atoms with Crippen molar-refractivity contribution < 1.29 is 14.8 Å². The molecule has 0 aromatic heterocycles. The zero-order valence-electron chi connectivity index (χ0n) is 10.3. The zero-order chi connectivity index (χ0) is 13.7. The molecule has 1 rings (SSSR count). The van der Waals surface area contributed by atoms with E-state index in [1.165, 1.54) is 6.07 Å². The summed E-state index contributed by atoms with van der Waals surface area (Å²) in [5, 5.41) is 22.8. The molecule has 0 saturated carbocycles. The van der Waals surface area contributed by atoms with E-state index in [-0.39, 0.29) is 18.2 Å². The molecule has 0 spiro atoms. The minimum atomic E-state index is -1.01. The first kappa shape index (κ1) is 14.1.